The quantitative estimate of drug-likeness (QED) is 0.874. The lowest BCUT2D eigenvalue weighted by molar-refractivity contribution is 0.410. The minimum Gasteiger partial charge on any atom is -0.496 e. The summed E-state index contributed by atoms with van der Waals surface area (Å²) in [5.41, 5.74) is 8.95. The Bertz CT molecular complexity index is 438. The molecule has 0 radical (unpaired) electrons. The molecule has 2 N–H and O–H groups in total. The van der Waals surface area contributed by atoms with Gasteiger partial charge in [-0.25, -0.2) is 0 Å². The third kappa shape index (κ3) is 3.50. The van der Waals surface area contributed by atoms with Crippen molar-refractivity contribution < 1.29 is 4.74 Å². The summed E-state index contributed by atoms with van der Waals surface area (Å²) in [4.78, 5) is 0. The lowest BCUT2D eigenvalue weighted by Crippen LogP contribution is -2.02. The Morgan fingerprint density at radius 3 is 2.61 bits per heavy atom. The van der Waals surface area contributed by atoms with Crippen molar-refractivity contribution in [2.24, 2.45) is 11.7 Å². The highest BCUT2D eigenvalue weighted by Gasteiger charge is 2.14. The molecule has 100 valence electrons. The number of ether oxygens (including phenoxy) is 1. The summed E-state index contributed by atoms with van der Waals surface area (Å²) in [6.07, 6.45) is 3.04. The fourth-order valence-corrected chi connectivity index (χ4v) is 2.38. The molecule has 0 aliphatic heterocycles. The molecule has 0 amide bonds. The number of nitrogens with two attached hydrogens (primary N) is 1. The van der Waals surface area contributed by atoms with E-state index in [2.05, 4.69) is 19.9 Å². The number of allylic oxidation sites excluding steroid dienone is 1. The van der Waals surface area contributed by atoms with Gasteiger partial charge in [-0.3, -0.25) is 0 Å². The summed E-state index contributed by atoms with van der Waals surface area (Å²) < 4.78 is 5.51. The van der Waals surface area contributed by atoms with Crippen molar-refractivity contribution in [1.29, 1.82) is 0 Å². The van der Waals surface area contributed by atoms with Crippen molar-refractivity contribution in [1.82, 2.24) is 0 Å². The van der Waals surface area contributed by atoms with Gasteiger partial charge in [-0.15, -0.1) is 0 Å². The number of hydrogen-bond donors (Lipinski definition) is 1. The Balaban J connectivity index is 3.35. The van der Waals surface area contributed by atoms with Gasteiger partial charge < -0.3 is 10.5 Å². The second kappa shape index (κ2) is 6.81. The van der Waals surface area contributed by atoms with Gasteiger partial charge in [0.15, 0.2) is 0 Å². The lowest BCUT2D eigenvalue weighted by atomic mass is 9.92. The second-order valence-corrected chi connectivity index (χ2v) is 5.13. The van der Waals surface area contributed by atoms with Crippen molar-refractivity contribution >= 4 is 17.2 Å². The van der Waals surface area contributed by atoms with Crippen LogP contribution in [0.4, 0.5) is 0 Å². The molecule has 18 heavy (non-hydrogen) atoms. The van der Waals surface area contributed by atoms with E-state index in [1.165, 1.54) is 5.57 Å². The van der Waals surface area contributed by atoms with Gasteiger partial charge in [0.25, 0.3) is 0 Å². The summed E-state index contributed by atoms with van der Waals surface area (Å²) in [6, 6.07) is 3.89. The van der Waals surface area contributed by atoms with Crippen LogP contribution in [0.2, 0.25) is 5.02 Å². The first-order valence-electron chi connectivity index (χ1n) is 6.25. The number of benzene rings is 1. The molecule has 1 aromatic rings. The van der Waals surface area contributed by atoms with Crippen LogP contribution >= 0.6 is 11.6 Å². The summed E-state index contributed by atoms with van der Waals surface area (Å²) in [7, 11) is 1.70. The maximum absolute atomic E-state index is 6.15. The van der Waals surface area contributed by atoms with E-state index in [1.807, 2.05) is 19.1 Å². The first kappa shape index (κ1) is 15.1. The van der Waals surface area contributed by atoms with E-state index in [-0.39, 0.29) is 0 Å². The first-order chi connectivity index (χ1) is 8.51. The highest BCUT2D eigenvalue weighted by Crippen LogP contribution is 2.36. The third-order valence-corrected chi connectivity index (χ3v) is 3.13. The molecule has 0 fully saturated rings. The molecule has 0 atom stereocenters. The van der Waals surface area contributed by atoms with Crippen molar-refractivity contribution in [3.05, 3.63) is 34.4 Å². The van der Waals surface area contributed by atoms with Crippen LogP contribution in [0.5, 0.6) is 5.75 Å². The molecule has 0 saturated heterocycles. The SMILES string of the molecule is COc1c(C)cc(Cl)cc1/C(=C/CCN)C(C)C. The number of methoxy groups -OCH3 is 1. The van der Waals surface area contributed by atoms with Crippen molar-refractivity contribution in [2.75, 3.05) is 13.7 Å². The maximum atomic E-state index is 6.15. The molecular formula is C15H22ClNO. The molecule has 2 nitrogen and oxygen atoms in total. The predicted octanol–water partition coefficient (Wildman–Crippen LogP) is 4.05. The summed E-state index contributed by atoms with van der Waals surface area (Å²) in [6.45, 7) is 6.99. The first-order valence-corrected chi connectivity index (χ1v) is 6.63. The van der Waals surface area contributed by atoms with Gasteiger partial charge in [-0.1, -0.05) is 31.5 Å². The standard InChI is InChI=1S/C15H22ClNO/c1-10(2)13(6-5-7-17)14-9-12(16)8-11(3)15(14)18-4/h6,8-10H,5,7,17H2,1-4H3/b13-6+. The number of aryl methyl sites for hydroxylation is 1. The van der Waals surface area contributed by atoms with Gasteiger partial charge in [0.2, 0.25) is 0 Å². The minimum absolute atomic E-state index is 0.406. The zero-order chi connectivity index (χ0) is 13.7. The molecule has 1 rings (SSSR count). The number of hydrogen-bond acceptors (Lipinski definition) is 2. The van der Waals surface area contributed by atoms with Crippen molar-refractivity contribution in [2.45, 2.75) is 27.2 Å². The summed E-state index contributed by atoms with van der Waals surface area (Å²) >= 11 is 6.15. The normalized spacial score (nSPS) is 12.1. The molecule has 0 aromatic heterocycles. The molecule has 0 saturated carbocycles. The van der Waals surface area contributed by atoms with E-state index in [0.717, 1.165) is 28.3 Å². The number of halogens is 1. The zero-order valence-electron chi connectivity index (χ0n) is 11.6. The zero-order valence-corrected chi connectivity index (χ0v) is 12.3. The topological polar surface area (TPSA) is 35.2 Å². The van der Waals surface area contributed by atoms with Gasteiger partial charge in [-0.05, 0) is 49.1 Å². The maximum Gasteiger partial charge on any atom is 0.129 e. The summed E-state index contributed by atoms with van der Waals surface area (Å²) in [5, 5.41) is 0.739. The van der Waals surface area contributed by atoms with E-state index in [4.69, 9.17) is 22.1 Å². The Morgan fingerprint density at radius 1 is 1.44 bits per heavy atom. The molecule has 0 unspecified atom stereocenters. The smallest absolute Gasteiger partial charge is 0.129 e. The van der Waals surface area contributed by atoms with Crippen molar-refractivity contribution in [3.8, 4) is 5.75 Å². The Morgan fingerprint density at radius 2 is 2.11 bits per heavy atom. The molecule has 0 aliphatic carbocycles. The van der Waals surface area contributed by atoms with Crippen LogP contribution in [0, 0.1) is 12.8 Å². The lowest BCUT2D eigenvalue weighted by Gasteiger charge is -2.18. The average molecular weight is 268 g/mol. The Labute approximate surface area is 115 Å². The van der Waals surface area contributed by atoms with Gasteiger partial charge in [0.05, 0.1) is 7.11 Å². The minimum atomic E-state index is 0.406. The van der Waals surface area contributed by atoms with Crippen LogP contribution in [-0.2, 0) is 0 Å². The van der Waals surface area contributed by atoms with Gasteiger partial charge >= 0.3 is 0 Å². The van der Waals surface area contributed by atoms with Crippen molar-refractivity contribution in [3.63, 3.8) is 0 Å². The van der Waals surface area contributed by atoms with Gasteiger partial charge in [0, 0.05) is 10.6 Å². The van der Waals surface area contributed by atoms with Gasteiger partial charge in [0.1, 0.15) is 5.75 Å². The van der Waals surface area contributed by atoms with Crippen LogP contribution in [0.3, 0.4) is 0 Å². The third-order valence-electron chi connectivity index (χ3n) is 2.91. The monoisotopic (exact) mass is 267 g/mol. The van der Waals surface area contributed by atoms with Gasteiger partial charge in [-0.2, -0.15) is 0 Å². The van der Waals surface area contributed by atoms with E-state index < -0.39 is 0 Å². The van der Waals surface area contributed by atoms with Crippen LogP contribution in [-0.4, -0.2) is 13.7 Å². The second-order valence-electron chi connectivity index (χ2n) is 4.70. The number of rotatable bonds is 5. The average Bonchev–Trinajstić information content (AvgIpc) is 2.28. The van der Waals surface area contributed by atoms with Crippen LogP contribution in [0.1, 0.15) is 31.4 Å². The molecule has 0 aliphatic rings. The summed E-state index contributed by atoms with van der Waals surface area (Å²) in [5.74, 6) is 1.31. The van der Waals surface area contributed by atoms with E-state index in [0.29, 0.717) is 12.5 Å². The molecule has 3 heteroatoms. The molecule has 1 aromatic carbocycles. The fraction of sp³-hybridized carbons (Fsp3) is 0.467. The molecule has 0 spiro atoms. The van der Waals surface area contributed by atoms with Crippen LogP contribution in [0.15, 0.2) is 18.2 Å². The Hall–Kier alpha value is -0.990. The van der Waals surface area contributed by atoms with Crippen LogP contribution in [0.25, 0.3) is 5.57 Å². The molecular weight excluding hydrogens is 246 g/mol. The largest absolute Gasteiger partial charge is 0.496 e. The fourth-order valence-electron chi connectivity index (χ4n) is 2.11. The highest BCUT2D eigenvalue weighted by atomic mass is 35.5. The molecule has 0 heterocycles. The van der Waals surface area contributed by atoms with Crippen LogP contribution < -0.4 is 10.5 Å². The van der Waals surface area contributed by atoms with E-state index in [1.54, 1.807) is 7.11 Å². The molecule has 0 bridgehead atoms. The van der Waals surface area contributed by atoms with E-state index >= 15 is 0 Å². The highest BCUT2D eigenvalue weighted by molar-refractivity contribution is 6.30. The van der Waals surface area contributed by atoms with E-state index in [9.17, 15) is 0 Å². The predicted molar refractivity (Wildman–Crippen MR) is 79.2 cm³/mol. The Kier molecular flexibility index (Phi) is 5.70.